The van der Waals surface area contributed by atoms with Gasteiger partial charge >= 0.3 is 0 Å². The summed E-state index contributed by atoms with van der Waals surface area (Å²) >= 11 is 0. The Labute approximate surface area is 197 Å². The number of benzene rings is 2. The van der Waals surface area contributed by atoms with Crippen LogP contribution in [0.1, 0.15) is 76.3 Å². The summed E-state index contributed by atoms with van der Waals surface area (Å²) in [5.41, 5.74) is 3.13. The number of Topliss-reactive ketones (excluding diaryl/α,β-unsaturated/α-hetero) is 1. The lowest BCUT2D eigenvalue weighted by Crippen LogP contribution is -2.30. The molecule has 0 radical (unpaired) electrons. The molecule has 1 unspecified atom stereocenters. The molecular formula is C28H35NO4. The summed E-state index contributed by atoms with van der Waals surface area (Å²) in [5.74, 6) is -0.787. The van der Waals surface area contributed by atoms with E-state index >= 15 is 0 Å². The molecule has 0 bridgehead atoms. The molecule has 2 aromatic carbocycles. The van der Waals surface area contributed by atoms with Gasteiger partial charge in [0.05, 0.1) is 17.7 Å². The van der Waals surface area contributed by atoms with Crippen LogP contribution in [0, 0.1) is 6.92 Å². The number of nitrogens with zero attached hydrogens (tertiary/aromatic N) is 1. The molecule has 1 saturated heterocycles. The lowest BCUT2D eigenvalue weighted by Gasteiger charge is -2.27. The summed E-state index contributed by atoms with van der Waals surface area (Å²) in [5, 5.41) is 11.5. The minimum absolute atomic E-state index is 0.0784. The Kier molecular flexibility index (Phi) is 7.01. The molecule has 5 nitrogen and oxygen atoms in total. The van der Waals surface area contributed by atoms with Crippen molar-refractivity contribution in [2.45, 2.75) is 72.4 Å². The van der Waals surface area contributed by atoms with Crippen molar-refractivity contribution in [1.29, 1.82) is 0 Å². The van der Waals surface area contributed by atoms with E-state index in [2.05, 4.69) is 20.8 Å². The summed E-state index contributed by atoms with van der Waals surface area (Å²) in [4.78, 5) is 27.9. The highest BCUT2D eigenvalue weighted by Gasteiger charge is 2.46. The van der Waals surface area contributed by atoms with E-state index in [1.54, 1.807) is 4.90 Å². The number of hydrogen-bond acceptors (Lipinski definition) is 4. The molecule has 1 aliphatic rings. The topological polar surface area (TPSA) is 66.8 Å². The molecule has 1 aliphatic heterocycles. The number of ketones is 1. The zero-order valence-electron chi connectivity index (χ0n) is 20.7. The molecule has 0 saturated carbocycles. The van der Waals surface area contributed by atoms with Crippen molar-refractivity contribution in [2.24, 2.45) is 0 Å². The number of carbonyl (C=O) groups is 2. The lowest BCUT2D eigenvalue weighted by molar-refractivity contribution is -0.139. The number of amides is 1. The monoisotopic (exact) mass is 449 g/mol. The third-order valence-corrected chi connectivity index (χ3v) is 5.94. The maximum Gasteiger partial charge on any atom is 0.295 e. The fraction of sp³-hybridized carbons (Fsp3) is 0.429. The number of carbonyl (C=O) groups excluding carboxylic acids is 2. The Hall–Kier alpha value is -3.08. The summed E-state index contributed by atoms with van der Waals surface area (Å²) in [7, 11) is 0. The number of aryl methyl sites for hydroxylation is 1. The van der Waals surface area contributed by atoms with Gasteiger partial charge in [-0.2, -0.15) is 0 Å². The first-order valence-electron chi connectivity index (χ1n) is 11.6. The largest absolute Gasteiger partial charge is 0.507 e. The molecule has 1 amide bonds. The van der Waals surface area contributed by atoms with E-state index in [4.69, 9.17) is 4.74 Å². The van der Waals surface area contributed by atoms with Gasteiger partial charge in [0.25, 0.3) is 11.7 Å². The van der Waals surface area contributed by atoms with Crippen LogP contribution in [0.15, 0.2) is 48.0 Å². The minimum atomic E-state index is -0.711. The number of ether oxygens (including phenoxy) is 1. The molecule has 1 heterocycles. The van der Waals surface area contributed by atoms with Crippen molar-refractivity contribution in [1.82, 2.24) is 4.90 Å². The van der Waals surface area contributed by atoms with Gasteiger partial charge in [-0.1, -0.05) is 58.0 Å². The van der Waals surface area contributed by atoms with Crippen LogP contribution >= 0.6 is 0 Å². The van der Waals surface area contributed by atoms with Gasteiger partial charge in [-0.3, -0.25) is 9.59 Å². The Morgan fingerprint density at radius 3 is 2.39 bits per heavy atom. The molecule has 5 heteroatoms. The van der Waals surface area contributed by atoms with E-state index in [0.717, 1.165) is 11.1 Å². The van der Waals surface area contributed by atoms with E-state index in [1.807, 2.05) is 70.2 Å². The van der Waals surface area contributed by atoms with Gasteiger partial charge in [0.2, 0.25) is 0 Å². The van der Waals surface area contributed by atoms with Crippen LogP contribution in [0.25, 0.3) is 5.76 Å². The summed E-state index contributed by atoms with van der Waals surface area (Å²) in [6.45, 7) is 14.4. The highest BCUT2D eigenvalue weighted by molar-refractivity contribution is 6.46. The maximum absolute atomic E-state index is 13.3. The Bertz CT molecular complexity index is 1090. The second kappa shape index (κ2) is 9.42. The van der Waals surface area contributed by atoms with Gasteiger partial charge in [-0.05, 0) is 55.9 Å². The SMILES string of the molecule is CCCN1C(=O)C(=O)/C(=C(/O)c2cc(C(C)(C)C)ccc2C)C1c1ccccc1OC(C)C. The first-order valence-corrected chi connectivity index (χ1v) is 11.6. The van der Waals surface area contributed by atoms with Crippen molar-refractivity contribution in [3.8, 4) is 5.75 Å². The molecule has 3 rings (SSSR count). The van der Waals surface area contributed by atoms with Crippen LogP contribution in [0.4, 0.5) is 0 Å². The number of aliphatic hydroxyl groups is 1. The molecular weight excluding hydrogens is 414 g/mol. The standard InChI is InChI=1S/C28H35NO4/c1-8-15-29-24(20-11-9-10-12-22(20)33-17(2)3)23(26(31)27(29)32)25(30)21-16-19(28(5,6)7)14-13-18(21)4/h9-14,16-17,24,30H,8,15H2,1-7H3/b25-23+. The number of para-hydroxylation sites is 1. The van der Waals surface area contributed by atoms with Crippen molar-refractivity contribution >= 4 is 17.4 Å². The predicted octanol–water partition coefficient (Wildman–Crippen LogP) is 5.91. The average Bonchev–Trinajstić information content (AvgIpc) is 2.98. The van der Waals surface area contributed by atoms with E-state index in [-0.39, 0.29) is 22.9 Å². The van der Waals surface area contributed by atoms with Crippen LogP contribution in [0.2, 0.25) is 0 Å². The minimum Gasteiger partial charge on any atom is -0.507 e. The molecule has 1 atom stereocenters. The van der Waals surface area contributed by atoms with Crippen LogP contribution < -0.4 is 4.74 Å². The van der Waals surface area contributed by atoms with Crippen molar-refractivity contribution in [3.63, 3.8) is 0 Å². The predicted molar refractivity (Wildman–Crippen MR) is 131 cm³/mol. The van der Waals surface area contributed by atoms with Gasteiger partial charge in [0.15, 0.2) is 0 Å². The molecule has 33 heavy (non-hydrogen) atoms. The van der Waals surface area contributed by atoms with E-state index in [9.17, 15) is 14.7 Å². The smallest absolute Gasteiger partial charge is 0.295 e. The van der Waals surface area contributed by atoms with Gasteiger partial charge in [0.1, 0.15) is 11.5 Å². The lowest BCUT2D eigenvalue weighted by atomic mass is 9.84. The number of hydrogen-bond donors (Lipinski definition) is 1. The zero-order valence-corrected chi connectivity index (χ0v) is 20.7. The normalized spacial score (nSPS) is 18.3. The molecule has 0 aromatic heterocycles. The third-order valence-electron chi connectivity index (χ3n) is 5.94. The fourth-order valence-corrected chi connectivity index (χ4v) is 4.23. The summed E-state index contributed by atoms with van der Waals surface area (Å²) in [6, 6.07) is 12.6. The van der Waals surface area contributed by atoms with E-state index in [1.165, 1.54) is 0 Å². The maximum atomic E-state index is 13.3. The zero-order chi connectivity index (χ0) is 24.5. The van der Waals surface area contributed by atoms with Crippen LogP contribution in [0.5, 0.6) is 5.75 Å². The number of aliphatic hydroxyl groups excluding tert-OH is 1. The van der Waals surface area contributed by atoms with Crippen molar-refractivity contribution in [2.75, 3.05) is 6.54 Å². The van der Waals surface area contributed by atoms with Crippen LogP contribution in [-0.4, -0.2) is 34.3 Å². The Balaban J connectivity index is 2.28. The fourth-order valence-electron chi connectivity index (χ4n) is 4.23. The number of likely N-dealkylation sites (tertiary alicyclic amines) is 1. The van der Waals surface area contributed by atoms with Crippen molar-refractivity contribution in [3.05, 3.63) is 70.3 Å². The summed E-state index contributed by atoms with van der Waals surface area (Å²) in [6.07, 6.45) is 0.611. The van der Waals surface area contributed by atoms with Crippen LogP contribution in [0.3, 0.4) is 0 Å². The molecule has 1 N–H and O–H groups in total. The van der Waals surface area contributed by atoms with E-state index in [0.29, 0.717) is 29.8 Å². The first kappa shape index (κ1) is 24.6. The van der Waals surface area contributed by atoms with E-state index < -0.39 is 17.7 Å². The highest BCUT2D eigenvalue weighted by Crippen LogP contribution is 2.43. The quantitative estimate of drug-likeness (QED) is 0.338. The van der Waals surface area contributed by atoms with Gasteiger partial charge in [0, 0.05) is 17.7 Å². The Morgan fingerprint density at radius 2 is 1.79 bits per heavy atom. The third kappa shape index (κ3) is 4.82. The molecule has 2 aromatic rings. The Morgan fingerprint density at radius 1 is 1.12 bits per heavy atom. The average molecular weight is 450 g/mol. The van der Waals surface area contributed by atoms with Gasteiger partial charge in [-0.15, -0.1) is 0 Å². The number of rotatable bonds is 6. The van der Waals surface area contributed by atoms with Gasteiger partial charge < -0.3 is 14.7 Å². The highest BCUT2D eigenvalue weighted by atomic mass is 16.5. The summed E-state index contributed by atoms with van der Waals surface area (Å²) < 4.78 is 6.02. The van der Waals surface area contributed by atoms with Gasteiger partial charge in [-0.25, -0.2) is 0 Å². The second-order valence-electron chi connectivity index (χ2n) is 9.98. The molecule has 176 valence electrons. The molecule has 0 aliphatic carbocycles. The van der Waals surface area contributed by atoms with Crippen molar-refractivity contribution < 1.29 is 19.4 Å². The first-order chi connectivity index (χ1) is 15.5. The molecule has 0 spiro atoms. The second-order valence-corrected chi connectivity index (χ2v) is 9.98. The van der Waals surface area contributed by atoms with Crippen LogP contribution in [-0.2, 0) is 15.0 Å². The molecule has 1 fully saturated rings.